The lowest BCUT2D eigenvalue weighted by Gasteiger charge is -2.24. The van der Waals surface area contributed by atoms with Crippen molar-refractivity contribution in [1.29, 1.82) is 0 Å². The number of unbranched alkanes of at least 4 members (excludes halogenated alkanes) is 24. The van der Waals surface area contributed by atoms with Gasteiger partial charge in [-0.15, -0.1) is 0 Å². The topological polar surface area (TPSA) is 108 Å². The Labute approximate surface area is 308 Å². The zero-order valence-corrected chi connectivity index (χ0v) is 34.3. The van der Waals surface area contributed by atoms with Gasteiger partial charge >= 0.3 is 19.8 Å². The summed E-state index contributed by atoms with van der Waals surface area (Å²) in [4.78, 5) is 35.1. The van der Waals surface area contributed by atoms with Crippen LogP contribution in [0, 0.1) is 0 Å². The number of phosphoric ester groups is 1. The minimum absolute atomic E-state index is 0.0363. The van der Waals surface area contributed by atoms with Crippen molar-refractivity contribution in [3.8, 4) is 0 Å². The fourth-order valence-corrected chi connectivity index (χ4v) is 6.58. The number of quaternary nitrogens is 1. The first-order valence-electron chi connectivity index (χ1n) is 20.8. The highest BCUT2D eigenvalue weighted by Crippen LogP contribution is 2.43. The van der Waals surface area contributed by atoms with Crippen LogP contribution in [0.2, 0.25) is 0 Å². The lowest BCUT2D eigenvalue weighted by molar-refractivity contribution is -0.870. The quantitative estimate of drug-likeness (QED) is 0.0289. The van der Waals surface area contributed by atoms with Crippen molar-refractivity contribution in [2.45, 2.75) is 200 Å². The Kier molecular flexibility index (Phi) is 33.2. The zero-order chi connectivity index (χ0) is 37.2. The number of ether oxygens (including phenoxy) is 2. The second kappa shape index (κ2) is 33.8. The Balaban J connectivity index is 4.21. The fourth-order valence-electron chi connectivity index (χ4n) is 5.84. The maximum Gasteiger partial charge on any atom is 0.472 e. The fraction of sp³-hybridized carbons (Fsp3) is 0.950. The van der Waals surface area contributed by atoms with Crippen LogP contribution in [0.3, 0.4) is 0 Å². The van der Waals surface area contributed by atoms with E-state index in [1.165, 1.54) is 128 Å². The Bertz CT molecular complexity index is 835. The standard InChI is InChI=1S/C40H80NO8P/c1-6-8-10-12-14-15-16-17-18-19-20-21-22-23-24-25-27-29-31-33-40(43)49-38(37-48-50(44,45)47-35-34-41(3,4)5)36-46-39(42)32-30-28-26-13-11-9-7-2/h38H,6-37H2,1-5H3/p+1/t38-/m1/s1. The molecule has 0 aliphatic rings. The maximum absolute atomic E-state index is 12.6. The molecule has 0 rings (SSSR count). The number of carbonyl (C=O) groups is 2. The van der Waals surface area contributed by atoms with E-state index in [0.29, 0.717) is 17.4 Å². The molecule has 0 radical (unpaired) electrons. The molecule has 1 N–H and O–H groups in total. The second-order valence-electron chi connectivity index (χ2n) is 15.4. The van der Waals surface area contributed by atoms with Crippen LogP contribution in [-0.4, -0.2) is 74.9 Å². The Morgan fingerprint density at radius 1 is 0.540 bits per heavy atom. The molecule has 10 heteroatoms. The predicted molar refractivity (Wildman–Crippen MR) is 206 cm³/mol. The van der Waals surface area contributed by atoms with Gasteiger partial charge in [0, 0.05) is 12.8 Å². The monoisotopic (exact) mass is 735 g/mol. The van der Waals surface area contributed by atoms with Gasteiger partial charge in [0.15, 0.2) is 6.10 Å². The van der Waals surface area contributed by atoms with E-state index < -0.39 is 26.5 Å². The molecule has 0 heterocycles. The van der Waals surface area contributed by atoms with Crippen molar-refractivity contribution in [3.05, 3.63) is 0 Å². The van der Waals surface area contributed by atoms with Gasteiger partial charge in [0.25, 0.3) is 0 Å². The summed E-state index contributed by atoms with van der Waals surface area (Å²) < 4.78 is 34.1. The molecule has 1 unspecified atom stereocenters. The van der Waals surface area contributed by atoms with Crippen molar-refractivity contribution in [2.24, 2.45) is 0 Å². The number of esters is 2. The molecule has 0 aromatic carbocycles. The molecule has 0 saturated heterocycles. The minimum atomic E-state index is -4.36. The van der Waals surface area contributed by atoms with Gasteiger partial charge in [0.05, 0.1) is 27.7 Å². The first kappa shape index (κ1) is 49.0. The second-order valence-corrected chi connectivity index (χ2v) is 16.8. The van der Waals surface area contributed by atoms with E-state index in [0.717, 1.165) is 38.5 Å². The van der Waals surface area contributed by atoms with E-state index >= 15 is 0 Å². The molecule has 0 aromatic rings. The summed E-state index contributed by atoms with van der Waals surface area (Å²) in [5.41, 5.74) is 0. The number of likely N-dealkylation sites (N-methyl/N-ethyl adjacent to an activating group) is 1. The smallest absolute Gasteiger partial charge is 0.462 e. The van der Waals surface area contributed by atoms with Gasteiger partial charge in [-0.1, -0.05) is 168 Å². The summed E-state index contributed by atoms with van der Waals surface area (Å²) in [6.07, 6.45) is 31.7. The highest BCUT2D eigenvalue weighted by Gasteiger charge is 2.27. The Hall–Kier alpha value is -0.990. The van der Waals surface area contributed by atoms with Crippen LogP contribution < -0.4 is 0 Å². The van der Waals surface area contributed by atoms with Crippen molar-refractivity contribution in [2.75, 3.05) is 47.5 Å². The summed E-state index contributed by atoms with van der Waals surface area (Å²) in [7, 11) is 1.49. The molecule has 50 heavy (non-hydrogen) atoms. The molecule has 9 nitrogen and oxygen atoms in total. The molecule has 0 fully saturated rings. The number of rotatable bonds is 38. The number of hydrogen-bond acceptors (Lipinski definition) is 7. The number of phosphoric acid groups is 1. The van der Waals surface area contributed by atoms with E-state index in [1.54, 1.807) is 0 Å². The van der Waals surface area contributed by atoms with Crippen LogP contribution in [0.4, 0.5) is 0 Å². The van der Waals surface area contributed by atoms with E-state index in [2.05, 4.69) is 13.8 Å². The van der Waals surface area contributed by atoms with Crippen LogP contribution in [0.1, 0.15) is 194 Å². The molecular formula is C40H81NO8P+. The van der Waals surface area contributed by atoms with Crippen molar-refractivity contribution in [3.63, 3.8) is 0 Å². The van der Waals surface area contributed by atoms with E-state index in [9.17, 15) is 19.0 Å². The SMILES string of the molecule is CCCCCCCCCCCCCCCCCCCCCC(=O)O[C@H](COC(=O)CCCCCCCCC)COP(=O)(O)OCC[N+](C)(C)C. The third kappa shape index (κ3) is 36.8. The number of nitrogens with zero attached hydrogens (tertiary/aromatic N) is 1. The normalized spacial score (nSPS) is 13.6. The van der Waals surface area contributed by atoms with E-state index in [-0.39, 0.29) is 25.6 Å². The molecule has 0 bridgehead atoms. The molecule has 0 aliphatic heterocycles. The van der Waals surface area contributed by atoms with E-state index in [4.69, 9.17) is 18.5 Å². The van der Waals surface area contributed by atoms with Gasteiger partial charge in [-0.05, 0) is 12.8 Å². The number of carbonyl (C=O) groups excluding carboxylic acids is 2. The van der Waals surface area contributed by atoms with Gasteiger partial charge in [0.2, 0.25) is 0 Å². The highest BCUT2D eigenvalue weighted by molar-refractivity contribution is 7.47. The van der Waals surface area contributed by atoms with Crippen molar-refractivity contribution in [1.82, 2.24) is 0 Å². The Morgan fingerprint density at radius 2 is 0.900 bits per heavy atom. The maximum atomic E-state index is 12.6. The molecule has 298 valence electrons. The molecular weight excluding hydrogens is 653 g/mol. The molecule has 0 aliphatic carbocycles. The third-order valence-corrected chi connectivity index (χ3v) is 10.1. The van der Waals surface area contributed by atoms with Crippen LogP contribution in [0.15, 0.2) is 0 Å². The molecule has 0 aromatic heterocycles. The van der Waals surface area contributed by atoms with Gasteiger partial charge in [-0.2, -0.15) is 0 Å². The molecule has 0 amide bonds. The lowest BCUT2D eigenvalue weighted by atomic mass is 10.0. The van der Waals surface area contributed by atoms with Gasteiger partial charge in [-0.25, -0.2) is 4.57 Å². The zero-order valence-electron chi connectivity index (χ0n) is 33.4. The van der Waals surface area contributed by atoms with Gasteiger partial charge in [-0.3, -0.25) is 18.6 Å². The first-order chi connectivity index (χ1) is 24.0. The summed E-state index contributed by atoms with van der Waals surface area (Å²) in [5.74, 6) is -0.794. The van der Waals surface area contributed by atoms with Crippen LogP contribution in [0.25, 0.3) is 0 Å². The summed E-state index contributed by atoms with van der Waals surface area (Å²) in [6.45, 7) is 4.40. The number of hydrogen-bond donors (Lipinski definition) is 1. The largest absolute Gasteiger partial charge is 0.472 e. The third-order valence-electron chi connectivity index (χ3n) is 9.14. The first-order valence-corrected chi connectivity index (χ1v) is 22.3. The highest BCUT2D eigenvalue weighted by atomic mass is 31.2. The molecule has 2 atom stereocenters. The summed E-state index contributed by atoms with van der Waals surface area (Å²) in [5, 5.41) is 0. The van der Waals surface area contributed by atoms with E-state index in [1.807, 2.05) is 21.1 Å². The van der Waals surface area contributed by atoms with Crippen LogP contribution >= 0.6 is 7.82 Å². The Morgan fingerprint density at radius 3 is 1.28 bits per heavy atom. The predicted octanol–water partition coefficient (Wildman–Crippen LogP) is 11.2. The minimum Gasteiger partial charge on any atom is -0.462 e. The lowest BCUT2D eigenvalue weighted by Crippen LogP contribution is -2.37. The van der Waals surface area contributed by atoms with Gasteiger partial charge in [0.1, 0.15) is 19.8 Å². The van der Waals surface area contributed by atoms with Crippen LogP contribution in [0.5, 0.6) is 0 Å². The van der Waals surface area contributed by atoms with Gasteiger partial charge < -0.3 is 18.9 Å². The average molecular weight is 735 g/mol. The molecule has 0 spiro atoms. The summed E-state index contributed by atoms with van der Waals surface area (Å²) >= 11 is 0. The summed E-state index contributed by atoms with van der Waals surface area (Å²) in [6, 6.07) is 0. The van der Waals surface area contributed by atoms with Crippen molar-refractivity contribution >= 4 is 19.8 Å². The average Bonchev–Trinajstić information content (AvgIpc) is 3.06. The van der Waals surface area contributed by atoms with Crippen LogP contribution in [-0.2, 0) is 32.7 Å². The molecule has 0 saturated carbocycles. The van der Waals surface area contributed by atoms with Crippen molar-refractivity contribution < 1.29 is 42.1 Å².